The molecule has 0 aliphatic heterocycles. The number of hydrogen-bond donors (Lipinski definition) is 1. The number of alkyl halides is 3. The first-order valence-electron chi connectivity index (χ1n) is 5.65. The van der Waals surface area contributed by atoms with Gasteiger partial charge in [0, 0.05) is 12.1 Å². The van der Waals surface area contributed by atoms with Crippen LogP contribution >= 0.6 is 0 Å². The van der Waals surface area contributed by atoms with E-state index in [1.807, 2.05) is 0 Å². The molecule has 0 fully saturated rings. The highest BCUT2D eigenvalue weighted by atomic mass is 19.4. The van der Waals surface area contributed by atoms with Crippen LogP contribution in [0.4, 0.5) is 13.2 Å². The summed E-state index contributed by atoms with van der Waals surface area (Å²) in [4.78, 5) is 0. The normalized spacial score (nSPS) is 11.6. The van der Waals surface area contributed by atoms with E-state index in [0.29, 0.717) is 17.8 Å². The van der Waals surface area contributed by atoms with E-state index in [0.717, 1.165) is 17.8 Å². The number of nitrogens with one attached hydrogen (secondary N) is 1. The molecule has 1 aromatic heterocycles. The Morgan fingerprint density at radius 3 is 2.16 bits per heavy atom. The summed E-state index contributed by atoms with van der Waals surface area (Å²) in [5.41, 5.74) is 1.26. The van der Waals surface area contributed by atoms with Crippen molar-refractivity contribution >= 4 is 0 Å². The predicted molar refractivity (Wildman–Crippen MR) is 65.2 cm³/mol. The molecule has 0 saturated heterocycles. The molecule has 0 bridgehead atoms. The van der Waals surface area contributed by atoms with Gasteiger partial charge < -0.3 is 5.32 Å². The molecule has 2 aromatic rings. The number of aromatic nitrogens is 2. The van der Waals surface area contributed by atoms with Crippen molar-refractivity contribution in [2.75, 3.05) is 7.05 Å². The SMILES string of the molecule is CNCc1ccc(-c2ccc(C(F)(F)F)cc2)nn1. The van der Waals surface area contributed by atoms with Crippen LogP contribution in [-0.2, 0) is 12.7 Å². The number of halogens is 3. The van der Waals surface area contributed by atoms with E-state index in [1.165, 1.54) is 12.1 Å². The minimum atomic E-state index is -4.32. The highest BCUT2D eigenvalue weighted by molar-refractivity contribution is 5.58. The average molecular weight is 267 g/mol. The van der Waals surface area contributed by atoms with Crippen molar-refractivity contribution in [1.29, 1.82) is 0 Å². The van der Waals surface area contributed by atoms with Gasteiger partial charge in [0.05, 0.1) is 17.0 Å². The van der Waals surface area contributed by atoms with E-state index in [4.69, 9.17) is 0 Å². The first-order chi connectivity index (χ1) is 9.00. The lowest BCUT2D eigenvalue weighted by Crippen LogP contribution is -2.07. The summed E-state index contributed by atoms with van der Waals surface area (Å²) in [6.45, 7) is 0.598. The second kappa shape index (κ2) is 5.36. The Hall–Kier alpha value is -1.95. The zero-order valence-corrected chi connectivity index (χ0v) is 10.2. The summed E-state index contributed by atoms with van der Waals surface area (Å²) >= 11 is 0. The topological polar surface area (TPSA) is 37.8 Å². The van der Waals surface area contributed by atoms with Crippen LogP contribution in [0.2, 0.25) is 0 Å². The third kappa shape index (κ3) is 3.29. The molecule has 0 atom stereocenters. The number of nitrogens with zero attached hydrogens (tertiary/aromatic N) is 2. The maximum absolute atomic E-state index is 12.4. The van der Waals surface area contributed by atoms with E-state index in [-0.39, 0.29) is 0 Å². The van der Waals surface area contributed by atoms with Crippen molar-refractivity contribution in [1.82, 2.24) is 15.5 Å². The molecular formula is C13H12F3N3. The molecule has 0 amide bonds. The van der Waals surface area contributed by atoms with E-state index >= 15 is 0 Å². The highest BCUT2D eigenvalue weighted by Gasteiger charge is 2.29. The van der Waals surface area contributed by atoms with E-state index < -0.39 is 11.7 Å². The van der Waals surface area contributed by atoms with Gasteiger partial charge in [-0.05, 0) is 31.3 Å². The van der Waals surface area contributed by atoms with Gasteiger partial charge in [-0.3, -0.25) is 0 Å². The second-order valence-corrected chi connectivity index (χ2v) is 4.02. The fourth-order valence-electron chi connectivity index (χ4n) is 1.62. The minimum absolute atomic E-state index is 0.550. The molecule has 1 heterocycles. The third-order valence-electron chi connectivity index (χ3n) is 2.59. The molecular weight excluding hydrogens is 255 g/mol. The van der Waals surface area contributed by atoms with Crippen LogP contribution in [0.5, 0.6) is 0 Å². The Morgan fingerprint density at radius 2 is 1.68 bits per heavy atom. The summed E-state index contributed by atoms with van der Waals surface area (Å²) in [5, 5.41) is 10.9. The highest BCUT2D eigenvalue weighted by Crippen LogP contribution is 2.30. The molecule has 0 spiro atoms. The van der Waals surface area contributed by atoms with Crippen molar-refractivity contribution in [2.45, 2.75) is 12.7 Å². The summed E-state index contributed by atoms with van der Waals surface area (Å²) in [5.74, 6) is 0. The Labute approximate surface area is 108 Å². The van der Waals surface area contributed by atoms with Gasteiger partial charge in [-0.1, -0.05) is 12.1 Å². The standard InChI is InChI=1S/C13H12F3N3/c1-17-8-11-6-7-12(19-18-11)9-2-4-10(5-3-9)13(14,15)16/h2-7,17H,8H2,1H3. The zero-order valence-electron chi connectivity index (χ0n) is 10.2. The lowest BCUT2D eigenvalue weighted by Gasteiger charge is -2.07. The fraction of sp³-hybridized carbons (Fsp3) is 0.231. The maximum Gasteiger partial charge on any atom is 0.416 e. The van der Waals surface area contributed by atoms with Gasteiger partial charge in [0.2, 0.25) is 0 Å². The molecule has 0 aliphatic rings. The Morgan fingerprint density at radius 1 is 1.00 bits per heavy atom. The quantitative estimate of drug-likeness (QED) is 0.929. The lowest BCUT2D eigenvalue weighted by molar-refractivity contribution is -0.137. The monoisotopic (exact) mass is 267 g/mol. The molecule has 0 radical (unpaired) electrons. The van der Waals surface area contributed by atoms with Gasteiger partial charge in [-0.25, -0.2) is 0 Å². The van der Waals surface area contributed by atoms with Crippen LogP contribution in [0.3, 0.4) is 0 Å². The van der Waals surface area contributed by atoms with E-state index in [1.54, 1.807) is 19.2 Å². The lowest BCUT2D eigenvalue weighted by atomic mass is 10.1. The maximum atomic E-state index is 12.4. The van der Waals surface area contributed by atoms with Crippen molar-refractivity contribution < 1.29 is 13.2 Å². The Balaban J connectivity index is 2.22. The van der Waals surface area contributed by atoms with Crippen LogP contribution in [0.1, 0.15) is 11.3 Å². The molecule has 6 heteroatoms. The first kappa shape index (κ1) is 13.5. The van der Waals surface area contributed by atoms with Gasteiger partial charge in [0.15, 0.2) is 0 Å². The summed E-state index contributed by atoms with van der Waals surface area (Å²) in [6, 6.07) is 8.39. The van der Waals surface area contributed by atoms with Gasteiger partial charge in [-0.2, -0.15) is 23.4 Å². The smallest absolute Gasteiger partial charge is 0.314 e. The van der Waals surface area contributed by atoms with Crippen LogP contribution in [0.15, 0.2) is 36.4 Å². The number of benzene rings is 1. The minimum Gasteiger partial charge on any atom is -0.314 e. The fourth-order valence-corrected chi connectivity index (χ4v) is 1.62. The van der Waals surface area contributed by atoms with Crippen LogP contribution in [0.25, 0.3) is 11.3 Å². The van der Waals surface area contributed by atoms with Crippen molar-refractivity contribution in [3.63, 3.8) is 0 Å². The van der Waals surface area contributed by atoms with Gasteiger partial charge in [-0.15, -0.1) is 0 Å². The number of hydrogen-bond acceptors (Lipinski definition) is 3. The van der Waals surface area contributed by atoms with Gasteiger partial charge in [0.1, 0.15) is 0 Å². The molecule has 19 heavy (non-hydrogen) atoms. The molecule has 0 unspecified atom stereocenters. The predicted octanol–water partition coefficient (Wildman–Crippen LogP) is 2.88. The Bertz CT molecular complexity index is 533. The van der Waals surface area contributed by atoms with Crippen molar-refractivity contribution in [2.24, 2.45) is 0 Å². The van der Waals surface area contributed by atoms with Crippen LogP contribution < -0.4 is 5.32 Å². The van der Waals surface area contributed by atoms with Gasteiger partial charge in [0.25, 0.3) is 0 Å². The van der Waals surface area contributed by atoms with Crippen LogP contribution in [-0.4, -0.2) is 17.2 Å². The molecule has 3 nitrogen and oxygen atoms in total. The molecule has 1 N–H and O–H groups in total. The molecule has 1 aromatic carbocycles. The van der Waals surface area contributed by atoms with E-state index in [9.17, 15) is 13.2 Å². The largest absolute Gasteiger partial charge is 0.416 e. The molecule has 0 aliphatic carbocycles. The first-order valence-corrected chi connectivity index (χ1v) is 5.65. The Kier molecular flexibility index (Phi) is 3.80. The summed E-state index contributed by atoms with van der Waals surface area (Å²) < 4.78 is 37.3. The zero-order chi connectivity index (χ0) is 13.9. The summed E-state index contributed by atoms with van der Waals surface area (Å²) in [6.07, 6.45) is -4.32. The second-order valence-electron chi connectivity index (χ2n) is 4.02. The average Bonchev–Trinajstić information content (AvgIpc) is 2.39. The molecule has 2 rings (SSSR count). The van der Waals surface area contributed by atoms with Crippen molar-refractivity contribution in [3.8, 4) is 11.3 Å². The van der Waals surface area contributed by atoms with Crippen LogP contribution in [0, 0.1) is 0 Å². The molecule has 0 saturated carbocycles. The van der Waals surface area contributed by atoms with Crippen molar-refractivity contribution in [3.05, 3.63) is 47.7 Å². The summed E-state index contributed by atoms with van der Waals surface area (Å²) in [7, 11) is 1.80. The third-order valence-corrected chi connectivity index (χ3v) is 2.59. The molecule has 100 valence electrons. The van der Waals surface area contributed by atoms with E-state index in [2.05, 4.69) is 15.5 Å². The van der Waals surface area contributed by atoms with Gasteiger partial charge >= 0.3 is 6.18 Å². The number of rotatable bonds is 3.